The summed E-state index contributed by atoms with van der Waals surface area (Å²) in [5.74, 6) is -0.440. The Morgan fingerprint density at radius 3 is 2.75 bits per heavy atom. The van der Waals surface area contributed by atoms with Crippen LogP contribution in [0, 0.1) is 5.92 Å². The molecule has 0 heterocycles. The average Bonchev–Trinajstić information content (AvgIpc) is 2.44. The first-order valence-electron chi connectivity index (χ1n) is 5.92. The van der Waals surface area contributed by atoms with Crippen molar-refractivity contribution >= 4 is 11.8 Å². The summed E-state index contributed by atoms with van der Waals surface area (Å²) in [5, 5.41) is 0. The number of hydrogen-bond donors (Lipinski definition) is 0. The maximum Gasteiger partial charge on any atom is 0.303 e. The van der Waals surface area contributed by atoms with E-state index >= 15 is 0 Å². The summed E-state index contributed by atoms with van der Waals surface area (Å²) in [6, 6.07) is 0. The molecule has 90 valence electrons. The van der Waals surface area contributed by atoms with Gasteiger partial charge in [-0.15, -0.1) is 0 Å². The van der Waals surface area contributed by atoms with Crippen molar-refractivity contribution in [3.63, 3.8) is 0 Å². The standard InChI is InChI=1S/C13H20O3/c1-4-5-6-7-11-12(15)8-9-13(11,3)16-10(2)14/h8-9,11H,4-7H2,1-3H3. The predicted molar refractivity (Wildman–Crippen MR) is 62.0 cm³/mol. The first kappa shape index (κ1) is 12.9. The molecule has 1 aliphatic rings. The molecule has 3 heteroatoms. The lowest BCUT2D eigenvalue weighted by Gasteiger charge is -2.29. The quantitative estimate of drug-likeness (QED) is 0.532. The minimum Gasteiger partial charge on any atom is -0.455 e. The van der Waals surface area contributed by atoms with Gasteiger partial charge in [0, 0.05) is 6.92 Å². The Labute approximate surface area is 96.9 Å². The molecule has 1 aliphatic carbocycles. The lowest BCUT2D eigenvalue weighted by Crippen LogP contribution is -2.37. The van der Waals surface area contributed by atoms with Gasteiger partial charge in [-0.05, 0) is 25.5 Å². The number of ether oxygens (including phenoxy) is 1. The molecule has 0 amide bonds. The maximum absolute atomic E-state index is 11.7. The topological polar surface area (TPSA) is 43.4 Å². The van der Waals surface area contributed by atoms with Crippen LogP contribution >= 0.6 is 0 Å². The van der Waals surface area contributed by atoms with Crippen LogP contribution in [0.25, 0.3) is 0 Å². The Morgan fingerprint density at radius 1 is 1.50 bits per heavy atom. The predicted octanol–water partition coefficient (Wildman–Crippen LogP) is 2.64. The van der Waals surface area contributed by atoms with Gasteiger partial charge in [-0.3, -0.25) is 9.59 Å². The zero-order valence-electron chi connectivity index (χ0n) is 10.3. The smallest absolute Gasteiger partial charge is 0.303 e. The minimum atomic E-state index is -0.726. The second-order valence-electron chi connectivity index (χ2n) is 4.56. The van der Waals surface area contributed by atoms with Crippen LogP contribution in [-0.4, -0.2) is 17.4 Å². The van der Waals surface area contributed by atoms with Crippen LogP contribution in [0.2, 0.25) is 0 Å². The third-order valence-corrected chi connectivity index (χ3v) is 3.07. The Bertz CT molecular complexity index is 306. The largest absolute Gasteiger partial charge is 0.455 e. The van der Waals surface area contributed by atoms with Crippen LogP contribution in [-0.2, 0) is 14.3 Å². The molecule has 0 saturated carbocycles. The molecule has 16 heavy (non-hydrogen) atoms. The molecular weight excluding hydrogens is 204 g/mol. The van der Waals surface area contributed by atoms with Gasteiger partial charge in [0.2, 0.25) is 0 Å². The first-order chi connectivity index (χ1) is 7.49. The van der Waals surface area contributed by atoms with Gasteiger partial charge in [-0.25, -0.2) is 0 Å². The number of unbranched alkanes of at least 4 members (excludes halogenated alkanes) is 2. The van der Waals surface area contributed by atoms with Crippen molar-refractivity contribution in [2.75, 3.05) is 0 Å². The van der Waals surface area contributed by atoms with Gasteiger partial charge in [0.25, 0.3) is 0 Å². The maximum atomic E-state index is 11.7. The molecule has 0 N–H and O–H groups in total. The average molecular weight is 224 g/mol. The molecule has 0 aromatic heterocycles. The Morgan fingerprint density at radius 2 is 2.19 bits per heavy atom. The van der Waals surface area contributed by atoms with E-state index in [2.05, 4.69) is 6.92 Å². The van der Waals surface area contributed by atoms with Crippen molar-refractivity contribution in [2.24, 2.45) is 5.92 Å². The molecule has 0 bridgehead atoms. The SMILES string of the molecule is CCCCCC1C(=O)C=CC1(C)OC(C)=O. The third-order valence-electron chi connectivity index (χ3n) is 3.07. The van der Waals surface area contributed by atoms with Crippen LogP contribution in [0.4, 0.5) is 0 Å². The fraction of sp³-hybridized carbons (Fsp3) is 0.692. The van der Waals surface area contributed by atoms with Gasteiger partial charge in [0.15, 0.2) is 5.78 Å². The highest BCUT2D eigenvalue weighted by atomic mass is 16.6. The highest BCUT2D eigenvalue weighted by Crippen LogP contribution is 2.34. The normalized spacial score (nSPS) is 28.4. The summed E-state index contributed by atoms with van der Waals surface area (Å²) < 4.78 is 5.27. The van der Waals surface area contributed by atoms with Crippen molar-refractivity contribution in [3.05, 3.63) is 12.2 Å². The van der Waals surface area contributed by atoms with E-state index in [0.717, 1.165) is 25.7 Å². The second-order valence-corrected chi connectivity index (χ2v) is 4.56. The van der Waals surface area contributed by atoms with Crippen molar-refractivity contribution in [2.45, 2.75) is 52.1 Å². The summed E-state index contributed by atoms with van der Waals surface area (Å²) in [5.41, 5.74) is -0.726. The Balaban J connectivity index is 2.64. The molecule has 0 radical (unpaired) electrons. The van der Waals surface area contributed by atoms with Gasteiger partial charge >= 0.3 is 5.97 Å². The van der Waals surface area contributed by atoms with E-state index in [1.807, 2.05) is 6.92 Å². The van der Waals surface area contributed by atoms with Gasteiger partial charge in [-0.2, -0.15) is 0 Å². The number of carbonyl (C=O) groups excluding carboxylic acids is 2. The zero-order chi connectivity index (χ0) is 12.2. The zero-order valence-corrected chi connectivity index (χ0v) is 10.3. The molecule has 0 saturated heterocycles. The van der Waals surface area contributed by atoms with E-state index < -0.39 is 5.60 Å². The second kappa shape index (κ2) is 5.28. The molecule has 0 aliphatic heterocycles. The third kappa shape index (κ3) is 2.94. The highest BCUT2D eigenvalue weighted by Gasteiger charge is 2.42. The first-order valence-corrected chi connectivity index (χ1v) is 5.92. The molecular formula is C13H20O3. The number of esters is 1. The number of ketones is 1. The van der Waals surface area contributed by atoms with Gasteiger partial charge in [0.1, 0.15) is 5.60 Å². The number of carbonyl (C=O) groups is 2. The van der Waals surface area contributed by atoms with E-state index in [0.29, 0.717) is 0 Å². The Kier molecular flexibility index (Phi) is 4.27. The summed E-state index contributed by atoms with van der Waals surface area (Å²) >= 11 is 0. The number of rotatable bonds is 5. The summed E-state index contributed by atoms with van der Waals surface area (Å²) in [4.78, 5) is 22.7. The van der Waals surface area contributed by atoms with Crippen LogP contribution in [0.5, 0.6) is 0 Å². The van der Waals surface area contributed by atoms with E-state index in [1.54, 1.807) is 12.2 Å². The molecule has 0 spiro atoms. The van der Waals surface area contributed by atoms with Crippen molar-refractivity contribution in [1.29, 1.82) is 0 Å². The van der Waals surface area contributed by atoms with E-state index in [-0.39, 0.29) is 17.7 Å². The summed E-state index contributed by atoms with van der Waals surface area (Å²) in [6.45, 7) is 5.32. The molecule has 2 unspecified atom stereocenters. The van der Waals surface area contributed by atoms with E-state index in [1.165, 1.54) is 6.92 Å². The lowest BCUT2D eigenvalue weighted by molar-refractivity contribution is -0.155. The monoisotopic (exact) mass is 224 g/mol. The fourth-order valence-electron chi connectivity index (χ4n) is 2.20. The Hall–Kier alpha value is -1.12. The van der Waals surface area contributed by atoms with Gasteiger partial charge in [-0.1, -0.05) is 26.2 Å². The van der Waals surface area contributed by atoms with Gasteiger partial charge < -0.3 is 4.74 Å². The molecule has 0 aromatic carbocycles. The van der Waals surface area contributed by atoms with Crippen molar-refractivity contribution < 1.29 is 14.3 Å². The van der Waals surface area contributed by atoms with Crippen molar-refractivity contribution in [1.82, 2.24) is 0 Å². The van der Waals surface area contributed by atoms with Crippen molar-refractivity contribution in [3.8, 4) is 0 Å². The van der Waals surface area contributed by atoms with Crippen LogP contribution in [0.3, 0.4) is 0 Å². The lowest BCUT2D eigenvalue weighted by atomic mass is 9.87. The highest BCUT2D eigenvalue weighted by molar-refractivity contribution is 5.96. The molecule has 1 rings (SSSR count). The molecule has 0 fully saturated rings. The molecule has 0 aromatic rings. The van der Waals surface area contributed by atoms with Gasteiger partial charge in [0.05, 0.1) is 5.92 Å². The molecule has 2 atom stereocenters. The molecule has 3 nitrogen and oxygen atoms in total. The number of allylic oxidation sites excluding steroid dienone is 1. The summed E-state index contributed by atoms with van der Waals surface area (Å²) in [6.07, 6.45) is 7.29. The minimum absolute atomic E-state index is 0.0832. The van der Waals surface area contributed by atoms with E-state index in [9.17, 15) is 9.59 Å². The van der Waals surface area contributed by atoms with Crippen LogP contribution < -0.4 is 0 Å². The number of hydrogen-bond acceptors (Lipinski definition) is 3. The summed E-state index contributed by atoms with van der Waals surface area (Å²) in [7, 11) is 0. The fourth-order valence-corrected chi connectivity index (χ4v) is 2.20. The van der Waals surface area contributed by atoms with E-state index in [4.69, 9.17) is 4.74 Å². The van der Waals surface area contributed by atoms with Crippen LogP contribution in [0.15, 0.2) is 12.2 Å². The van der Waals surface area contributed by atoms with Crippen LogP contribution in [0.1, 0.15) is 46.5 Å².